The molecule has 3 rings (SSSR count). The fraction of sp³-hybridized carbons (Fsp3) is 0.611. The predicted molar refractivity (Wildman–Crippen MR) is 95.6 cm³/mol. The summed E-state index contributed by atoms with van der Waals surface area (Å²) in [4.78, 5) is 15.6. The first kappa shape index (κ1) is 18.2. The normalized spacial score (nSPS) is 23.6. The Bertz CT molecular complexity index is 712. The molecular weight excluding hydrogens is 340 g/mol. The second kappa shape index (κ2) is 7.74. The van der Waals surface area contributed by atoms with E-state index in [1.807, 2.05) is 36.1 Å². The van der Waals surface area contributed by atoms with Crippen molar-refractivity contribution in [2.24, 2.45) is 0 Å². The SMILES string of the molecule is Cc1ccccc1OCCC(=O)N1CC[NH+]([C@@H]2CCS(=O)(=O)C2)CC1. The Labute approximate surface area is 149 Å². The van der Waals surface area contributed by atoms with Crippen molar-refractivity contribution in [3.63, 3.8) is 0 Å². The number of amides is 1. The number of carbonyl (C=O) groups is 1. The number of carbonyl (C=O) groups excluding carboxylic acids is 1. The Kier molecular flexibility index (Phi) is 5.64. The minimum absolute atomic E-state index is 0.117. The molecule has 0 aromatic heterocycles. The smallest absolute Gasteiger partial charge is 0.226 e. The Hall–Kier alpha value is -1.60. The lowest BCUT2D eigenvalue weighted by atomic mass is 10.2. The lowest BCUT2D eigenvalue weighted by Crippen LogP contribution is -3.18. The van der Waals surface area contributed by atoms with Gasteiger partial charge in [-0.3, -0.25) is 4.79 Å². The van der Waals surface area contributed by atoms with Gasteiger partial charge in [0, 0.05) is 6.42 Å². The number of benzene rings is 1. The monoisotopic (exact) mass is 367 g/mol. The van der Waals surface area contributed by atoms with E-state index in [0.717, 1.165) is 30.8 Å². The number of rotatable bonds is 5. The maximum absolute atomic E-state index is 12.3. The van der Waals surface area contributed by atoms with E-state index in [1.165, 1.54) is 4.90 Å². The highest BCUT2D eigenvalue weighted by Crippen LogP contribution is 2.16. The van der Waals surface area contributed by atoms with Crippen LogP contribution in [-0.4, -0.2) is 69.6 Å². The Morgan fingerprint density at radius 2 is 2.00 bits per heavy atom. The molecule has 138 valence electrons. The van der Waals surface area contributed by atoms with Crippen LogP contribution in [0.1, 0.15) is 18.4 Å². The number of sulfone groups is 1. The van der Waals surface area contributed by atoms with E-state index in [-0.39, 0.29) is 11.9 Å². The first-order valence-electron chi connectivity index (χ1n) is 8.96. The molecule has 0 bridgehead atoms. The van der Waals surface area contributed by atoms with Crippen LogP contribution in [0, 0.1) is 6.92 Å². The van der Waals surface area contributed by atoms with Crippen molar-refractivity contribution in [2.75, 3.05) is 44.3 Å². The number of hydrogen-bond donors (Lipinski definition) is 1. The number of piperazine rings is 1. The Morgan fingerprint density at radius 3 is 2.64 bits per heavy atom. The first-order chi connectivity index (χ1) is 11.9. The van der Waals surface area contributed by atoms with Crippen molar-refractivity contribution < 1.29 is 22.8 Å². The lowest BCUT2D eigenvalue weighted by Gasteiger charge is -2.35. The first-order valence-corrected chi connectivity index (χ1v) is 10.8. The summed E-state index contributed by atoms with van der Waals surface area (Å²) in [5, 5.41) is 0. The topological polar surface area (TPSA) is 68.1 Å². The maximum atomic E-state index is 12.3. The zero-order valence-corrected chi connectivity index (χ0v) is 15.6. The zero-order chi connectivity index (χ0) is 17.9. The number of aryl methyl sites for hydroxylation is 1. The highest BCUT2D eigenvalue weighted by Gasteiger charge is 2.37. The molecule has 6 nitrogen and oxygen atoms in total. The predicted octanol–water partition coefficient (Wildman–Crippen LogP) is -0.322. The van der Waals surface area contributed by atoms with Gasteiger partial charge in [0.05, 0.1) is 45.0 Å². The van der Waals surface area contributed by atoms with Gasteiger partial charge in [-0.2, -0.15) is 0 Å². The number of quaternary nitrogens is 1. The molecule has 0 unspecified atom stereocenters. The van der Waals surface area contributed by atoms with E-state index in [4.69, 9.17) is 4.74 Å². The molecule has 2 heterocycles. The largest absolute Gasteiger partial charge is 0.493 e. The van der Waals surface area contributed by atoms with Gasteiger partial charge >= 0.3 is 0 Å². The van der Waals surface area contributed by atoms with Crippen LogP contribution in [0.15, 0.2) is 24.3 Å². The summed E-state index contributed by atoms with van der Waals surface area (Å²) in [6.45, 7) is 5.46. The number of nitrogens with one attached hydrogen (secondary N) is 1. The maximum Gasteiger partial charge on any atom is 0.226 e. The van der Waals surface area contributed by atoms with Gasteiger partial charge in [0.15, 0.2) is 9.84 Å². The molecule has 0 saturated carbocycles. The highest BCUT2D eigenvalue weighted by atomic mass is 32.2. The third-order valence-electron chi connectivity index (χ3n) is 5.24. The molecule has 0 aliphatic carbocycles. The molecule has 2 saturated heterocycles. The van der Waals surface area contributed by atoms with Crippen molar-refractivity contribution in [1.82, 2.24) is 4.90 Å². The van der Waals surface area contributed by atoms with E-state index in [0.29, 0.717) is 37.6 Å². The zero-order valence-electron chi connectivity index (χ0n) is 14.7. The van der Waals surface area contributed by atoms with Gasteiger partial charge in [-0.15, -0.1) is 0 Å². The summed E-state index contributed by atoms with van der Waals surface area (Å²) in [5.74, 6) is 1.57. The van der Waals surface area contributed by atoms with E-state index in [9.17, 15) is 13.2 Å². The fourth-order valence-corrected chi connectivity index (χ4v) is 5.52. The van der Waals surface area contributed by atoms with E-state index >= 15 is 0 Å². The summed E-state index contributed by atoms with van der Waals surface area (Å²) in [6.07, 6.45) is 1.14. The van der Waals surface area contributed by atoms with E-state index in [1.54, 1.807) is 0 Å². The van der Waals surface area contributed by atoms with E-state index < -0.39 is 9.84 Å². The molecule has 0 radical (unpaired) electrons. The third kappa shape index (κ3) is 4.73. The van der Waals surface area contributed by atoms with Gasteiger partial charge in [-0.25, -0.2) is 8.42 Å². The average molecular weight is 367 g/mol. The van der Waals surface area contributed by atoms with Gasteiger partial charge < -0.3 is 14.5 Å². The lowest BCUT2D eigenvalue weighted by molar-refractivity contribution is -0.925. The number of para-hydroxylation sites is 1. The van der Waals surface area contributed by atoms with Gasteiger partial charge in [0.1, 0.15) is 17.5 Å². The van der Waals surface area contributed by atoms with Crippen molar-refractivity contribution in [3.05, 3.63) is 29.8 Å². The molecule has 7 heteroatoms. The molecule has 2 fully saturated rings. The Balaban J connectivity index is 1.40. The number of nitrogens with zero attached hydrogens (tertiary/aromatic N) is 1. The quantitative estimate of drug-likeness (QED) is 0.774. The molecular formula is C18H27N2O4S+. The van der Waals surface area contributed by atoms with Crippen molar-refractivity contribution in [2.45, 2.75) is 25.8 Å². The fourth-order valence-electron chi connectivity index (χ4n) is 3.69. The van der Waals surface area contributed by atoms with Crippen LogP contribution in [0.5, 0.6) is 5.75 Å². The van der Waals surface area contributed by atoms with Crippen LogP contribution < -0.4 is 9.64 Å². The molecule has 2 aliphatic rings. The third-order valence-corrected chi connectivity index (χ3v) is 7.00. The molecule has 2 aliphatic heterocycles. The van der Waals surface area contributed by atoms with Crippen LogP contribution in [0.4, 0.5) is 0 Å². The van der Waals surface area contributed by atoms with Crippen LogP contribution in [0.25, 0.3) is 0 Å². The van der Waals surface area contributed by atoms with Crippen LogP contribution in [0.2, 0.25) is 0 Å². The van der Waals surface area contributed by atoms with Gasteiger partial charge in [-0.1, -0.05) is 18.2 Å². The van der Waals surface area contributed by atoms with Crippen molar-refractivity contribution >= 4 is 15.7 Å². The Morgan fingerprint density at radius 1 is 1.28 bits per heavy atom. The molecule has 1 atom stereocenters. The van der Waals surface area contributed by atoms with Crippen molar-refractivity contribution in [3.8, 4) is 5.75 Å². The molecule has 1 N–H and O–H groups in total. The standard InChI is InChI=1S/C18H26N2O4S/c1-15-4-2-3-5-17(15)24-12-6-18(21)20-10-8-19(9-11-20)16-7-13-25(22,23)14-16/h2-5,16H,6-14H2,1H3/p+1/t16-/m1/s1. The number of hydrogen-bond acceptors (Lipinski definition) is 4. The van der Waals surface area contributed by atoms with Gasteiger partial charge in [-0.05, 0) is 18.6 Å². The molecule has 0 spiro atoms. The summed E-state index contributed by atoms with van der Waals surface area (Å²) >= 11 is 0. The van der Waals surface area contributed by atoms with Crippen LogP contribution in [-0.2, 0) is 14.6 Å². The minimum atomic E-state index is -2.83. The van der Waals surface area contributed by atoms with Gasteiger partial charge in [0.25, 0.3) is 0 Å². The van der Waals surface area contributed by atoms with Crippen molar-refractivity contribution in [1.29, 1.82) is 0 Å². The number of ether oxygens (including phenoxy) is 1. The summed E-state index contributed by atoms with van der Waals surface area (Å²) < 4.78 is 29.0. The summed E-state index contributed by atoms with van der Waals surface area (Å²) in [5.41, 5.74) is 1.07. The summed E-state index contributed by atoms with van der Waals surface area (Å²) in [7, 11) is -2.83. The molecule has 1 aromatic rings. The molecule has 25 heavy (non-hydrogen) atoms. The van der Waals surface area contributed by atoms with Crippen LogP contribution >= 0.6 is 0 Å². The second-order valence-electron chi connectivity index (χ2n) is 7.00. The van der Waals surface area contributed by atoms with Gasteiger partial charge in [0.2, 0.25) is 5.91 Å². The highest BCUT2D eigenvalue weighted by molar-refractivity contribution is 7.91. The van der Waals surface area contributed by atoms with E-state index in [2.05, 4.69) is 0 Å². The minimum Gasteiger partial charge on any atom is -0.493 e. The summed E-state index contributed by atoms with van der Waals surface area (Å²) in [6, 6.07) is 8.01. The van der Waals surface area contributed by atoms with Crippen LogP contribution in [0.3, 0.4) is 0 Å². The average Bonchev–Trinajstić information content (AvgIpc) is 2.96. The molecule has 1 aromatic carbocycles. The molecule has 1 amide bonds. The second-order valence-corrected chi connectivity index (χ2v) is 9.23.